The monoisotopic (exact) mass is 464 g/mol. The molecule has 1 aromatic carbocycles. The van der Waals surface area contributed by atoms with E-state index in [1.54, 1.807) is 11.8 Å². The lowest BCUT2D eigenvalue weighted by molar-refractivity contribution is -0.138. The minimum Gasteiger partial charge on any atom is -0.351 e. The van der Waals surface area contributed by atoms with E-state index in [0.717, 1.165) is 17.4 Å². The van der Waals surface area contributed by atoms with Crippen molar-refractivity contribution in [2.24, 2.45) is 0 Å². The number of halogens is 3. The molecule has 1 aliphatic heterocycles. The number of sulfonamides is 1. The van der Waals surface area contributed by atoms with Crippen molar-refractivity contribution < 1.29 is 26.4 Å². The van der Waals surface area contributed by atoms with E-state index < -0.39 is 27.7 Å². The van der Waals surface area contributed by atoms with Crippen LogP contribution < -0.4 is 5.32 Å². The van der Waals surface area contributed by atoms with Crippen molar-refractivity contribution in [1.29, 1.82) is 0 Å². The number of alkyl halides is 3. The SMILES string of the molecule is O=C(NCCc1ccccc1C(F)(F)F)c1sccc1S(=O)(=O)N1CCSCC1. The predicted octanol–water partition coefficient (Wildman–Crippen LogP) is 3.48. The van der Waals surface area contributed by atoms with Gasteiger partial charge in [0, 0.05) is 31.1 Å². The highest BCUT2D eigenvalue weighted by molar-refractivity contribution is 7.99. The fourth-order valence-corrected chi connectivity index (χ4v) is 6.89. The summed E-state index contributed by atoms with van der Waals surface area (Å²) in [5.41, 5.74) is -0.665. The first-order valence-corrected chi connectivity index (χ1v) is 12.3. The van der Waals surface area contributed by atoms with Crippen molar-refractivity contribution in [3.63, 3.8) is 0 Å². The Hall–Kier alpha value is -1.56. The van der Waals surface area contributed by atoms with Crippen LogP contribution in [0.3, 0.4) is 0 Å². The van der Waals surface area contributed by atoms with Crippen molar-refractivity contribution in [1.82, 2.24) is 9.62 Å². The summed E-state index contributed by atoms with van der Waals surface area (Å²) in [6.45, 7) is 0.736. The Bertz CT molecular complexity index is 968. The van der Waals surface area contributed by atoms with Crippen molar-refractivity contribution in [2.45, 2.75) is 17.5 Å². The maximum absolute atomic E-state index is 13.1. The lowest BCUT2D eigenvalue weighted by Crippen LogP contribution is -2.38. The van der Waals surface area contributed by atoms with E-state index in [1.807, 2.05) is 0 Å². The molecule has 11 heteroatoms. The fraction of sp³-hybridized carbons (Fsp3) is 0.389. The van der Waals surface area contributed by atoms with E-state index in [2.05, 4.69) is 5.32 Å². The Morgan fingerprint density at radius 3 is 2.52 bits per heavy atom. The molecule has 1 saturated heterocycles. The molecular formula is C18H19F3N2O3S3. The molecule has 158 valence electrons. The summed E-state index contributed by atoms with van der Waals surface area (Å²) in [5, 5.41) is 4.07. The highest BCUT2D eigenvalue weighted by Crippen LogP contribution is 2.32. The van der Waals surface area contributed by atoms with Crippen LogP contribution in [0.5, 0.6) is 0 Å². The number of thiophene rings is 1. The summed E-state index contributed by atoms with van der Waals surface area (Å²) in [7, 11) is -3.78. The third-order valence-electron chi connectivity index (χ3n) is 4.43. The Labute approximate surface area is 175 Å². The predicted molar refractivity (Wildman–Crippen MR) is 108 cm³/mol. The fourth-order valence-electron chi connectivity index (χ4n) is 3.00. The largest absolute Gasteiger partial charge is 0.416 e. The Kier molecular flexibility index (Phi) is 6.92. The third kappa shape index (κ3) is 5.14. The number of hydrogen-bond donors (Lipinski definition) is 1. The van der Waals surface area contributed by atoms with E-state index in [9.17, 15) is 26.4 Å². The molecule has 1 amide bonds. The summed E-state index contributed by atoms with van der Waals surface area (Å²) in [6, 6.07) is 6.58. The summed E-state index contributed by atoms with van der Waals surface area (Å²) >= 11 is 2.67. The highest BCUT2D eigenvalue weighted by atomic mass is 32.2. The first kappa shape index (κ1) is 22.1. The average molecular weight is 465 g/mol. The molecule has 0 saturated carbocycles. The number of rotatable bonds is 6. The van der Waals surface area contributed by atoms with Crippen LogP contribution in [-0.2, 0) is 22.6 Å². The number of amides is 1. The molecule has 2 heterocycles. The van der Waals surface area contributed by atoms with E-state index in [-0.39, 0.29) is 28.3 Å². The molecule has 0 radical (unpaired) electrons. The van der Waals surface area contributed by atoms with Gasteiger partial charge in [0.15, 0.2) is 0 Å². The second-order valence-electron chi connectivity index (χ2n) is 6.29. The van der Waals surface area contributed by atoms with Gasteiger partial charge in [-0.3, -0.25) is 4.79 Å². The summed E-state index contributed by atoms with van der Waals surface area (Å²) < 4.78 is 66.2. The zero-order valence-electron chi connectivity index (χ0n) is 15.2. The van der Waals surface area contributed by atoms with Crippen LogP contribution in [0.15, 0.2) is 40.6 Å². The molecule has 29 heavy (non-hydrogen) atoms. The van der Waals surface area contributed by atoms with Gasteiger partial charge in [0.05, 0.1) is 5.56 Å². The highest BCUT2D eigenvalue weighted by Gasteiger charge is 2.33. The van der Waals surface area contributed by atoms with Gasteiger partial charge in [0.25, 0.3) is 5.91 Å². The van der Waals surface area contributed by atoms with E-state index in [1.165, 1.54) is 34.0 Å². The lowest BCUT2D eigenvalue weighted by atomic mass is 10.0. The van der Waals surface area contributed by atoms with Gasteiger partial charge in [0.1, 0.15) is 9.77 Å². The quantitative estimate of drug-likeness (QED) is 0.711. The summed E-state index contributed by atoms with van der Waals surface area (Å²) in [6.07, 6.45) is -4.49. The van der Waals surface area contributed by atoms with Crippen LogP contribution in [0.25, 0.3) is 0 Å². The normalized spacial score (nSPS) is 16.0. The van der Waals surface area contributed by atoms with Gasteiger partial charge in [-0.05, 0) is 29.5 Å². The molecule has 0 spiro atoms. The first-order chi connectivity index (χ1) is 13.7. The average Bonchev–Trinajstić information content (AvgIpc) is 3.19. The van der Waals surface area contributed by atoms with Gasteiger partial charge >= 0.3 is 6.18 Å². The molecule has 0 unspecified atom stereocenters. The van der Waals surface area contributed by atoms with Crippen molar-refractivity contribution in [2.75, 3.05) is 31.1 Å². The summed E-state index contributed by atoms with van der Waals surface area (Å²) in [4.78, 5) is 12.5. The van der Waals surface area contributed by atoms with Crippen LogP contribution >= 0.6 is 23.1 Å². The number of benzene rings is 1. The second-order valence-corrected chi connectivity index (χ2v) is 10.3. The van der Waals surface area contributed by atoms with E-state index in [4.69, 9.17) is 0 Å². The van der Waals surface area contributed by atoms with Crippen LogP contribution in [0.2, 0.25) is 0 Å². The van der Waals surface area contributed by atoms with Crippen LogP contribution in [0, 0.1) is 0 Å². The number of carbonyl (C=O) groups excluding carboxylic acids is 1. The van der Waals surface area contributed by atoms with Gasteiger partial charge in [-0.25, -0.2) is 8.42 Å². The van der Waals surface area contributed by atoms with Gasteiger partial charge in [0.2, 0.25) is 10.0 Å². The molecule has 1 fully saturated rings. The van der Waals surface area contributed by atoms with Gasteiger partial charge in [-0.2, -0.15) is 29.2 Å². The zero-order chi connectivity index (χ0) is 21.1. The molecule has 1 aliphatic rings. The van der Waals surface area contributed by atoms with Crippen molar-refractivity contribution in [3.8, 4) is 0 Å². The maximum Gasteiger partial charge on any atom is 0.416 e. The van der Waals surface area contributed by atoms with Crippen LogP contribution in [0.4, 0.5) is 13.2 Å². The molecule has 0 aliphatic carbocycles. The molecule has 1 aromatic heterocycles. The first-order valence-electron chi connectivity index (χ1n) is 8.80. The molecule has 2 aromatic rings. The van der Waals surface area contributed by atoms with Gasteiger partial charge in [-0.15, -0.1) is 11.3 Å². The smallest absolute Gasteiger partial charge is 0.351 e. The number of hydrogen-bond acceptors (Lipinski definition) is 5. The van der Waals surface area contributed by atoms with Crippen LogP contribution in [0.1, 0.15) is 20.8 Å². The number of carbonyl (C=O) groups is 1. The number of nitrogens with zero attached hydrogens (tertiary/aromatic N) is 1. The second kappa shape index (κ2) is 9.07. The zero-order valence-corrected chi connectivity index (χ0v) is 17.7. The van der Waals surface area contributed by atoms with Gasteiger partial charge < -0.3 is 5.32 Å². The number of nitrogens with one attached hydrogen (secondary N) is 1. The molecule has 3 rings (SSSR count). The molecule has 0 bridgehead atoms. The minimum absolute atomic E-state index is 0.0156. The Morgan fingerprint density at radius 1 is 1.14 bits per heavy atom. The van der Waals surface area contributed by atoms with E-state index >= 15 is 0 Å². The molecule has 5 nitrogen and oxygen atoms in total. The topological polar surface area (TPSA) is 66.5 Å². The molecular weight excluding hydrogens is 445 g/mol. The third-order valence-corrected chi connectivity index (χ3v) is 8.35. The van der Waals surface area contributed by atoms with Gasteiger partial charge in [-0.1, -0.05) is 18.2 Å². The standard InChI is InChI=1S/C18H19F3N2O3S3/c19-18(20,21)14-4-2-1-3-13(14)5-7-22-17(24)16-15(6-10-28-16)29(25,26)23-8-11-27-12-9-23/h1-4,6,10H,5,7-9,11-12H2,(H,22,24). The molecule has 0 atom stereocenters. The van der Waals surface area contributed by atoms with E-state index in [0.29, 0.717) is 24.6 Å². The van der Waals surface area contributed by atoms with Crippen molar-refractivity contribution in [3.05, 3.63) is 51.7 Å². The minimum atomic E-state index is -4.47. The Balaban J connectivity index is 1.69. The molecule has 1 N–H and O–H groups in total. The number of thioether (sulfide) groups is 1. The van der Waals surface area contributed by atoms with Crippen molar-refractivity contribution >= 4 is 39.0 Å². The summed E-state index contributed by atoms with van der Waals surface area (Å²) in [5.74, 6) is 0.793. The van der Waals surface area contributed by atoms with Crippen LogP contribution in [-0.4, -0.2) is 49.8 Å². The maximum atomic E-state index is 13.1. The Morgan fingerprint density at radius 2 is 1.83 bits per heavy atom. The lowest BCUT2D eigenvalue weighted by Gasteiger charge is -2.25.